The second kappa shape index (κ2) is 7.78. The van der Waals surface area contributed by atoms with Crippen LogP contribution in [0.5, 0.6) is 0 Å². The molecule has 0 aromatic rings. The van der Waals surface area contributed by atoms with Crippen molar-refractivity contribution in [1.29, 1.82) is 0 Å². The van der Waals surface area contributed by atoms with Crippen molar-refractivity contribution >= 4 is 17.8 Å². The number of hydrogen-bond acceptors (Lipinski definition) is 5. The van der Waals surface area contributed by atoms with Crippen LogP contribution in [0.4, 0.5) is 0 Å². The summed E-state index contributed by atoms with van der Waals surface area (Å²) in [5.74, 6) is -2.77. The summed E-state index contributed by atoms with van der Waals surface area (Å²) in [5.41, 5.74) is 6.23. The molecule has 2 aliphatic rings. The van der Waals surface area contributed by atoms with Gasteiger partial charge in [-0.3, -0.25) is 9.59 Å². The van der Waals surface area contributed by atoms with E-state index in [0.29, 0.717) is 0 Å². The molecule has 1 aliphatic carbocycles. The summed E-state index contributed by atoms with van der Waals surface area (Å²) < 4.78 is 0. The quantitative estimate of drug-likeness (QED) is 0.411. The topological polar surface area (TPSA) is 142 Å². The number of carbonyl (C=O) groups excluding carboxylic acids is 1. The van der Waals surface area contributed by atoms with Gasteiger partial charge in [-0.15, -0.1) is 0 Å². The number of aliphatic carboxylic acids is 2. The third-order valence-corrected chi connectivity index (χ3v) is 4.10. The first kappa shape index (κ1) is 17.7. The lowest BCUT2D eigenvalue weighted by Gasteiger charge is -2.21. The minimum Gasteiger partial charge on any atom is -0.480 e. The Morgan fingerprint density at radius 3 is 2.58 bits per heavy atom. The molecule has 1 amide bonds. The molecule has 1 aliphatic heterocycles. The fraction of sp³-hybridized carbons (Fsp3) is 0.438. The molecule has 0 spiro atoms. The average molecular weight is 335 g/mol. The Morgan fingerprint density at radius 2 is 1.92 bits per heavy atom. The van der Waals surface area contributed by atoms with Gasteiger partial charge in [0.15, 0.2) is 0 Å². The number of allylic oxidation sites excluding steroid dienone is 2. The fourth-order valence-electron chi connectivity index (χ4n) is 2.73. The number of rotatable bonds is 8. The highest BCUT2D eigenvalue weighted by Crippen LogP contribution is 2.29. The summed E-state index contributed by atoms with van der Waals surface area (Å²) in [6.07, 6.45) is 9.60. The van der Waals surface area contributed by atoms with Gasteiger partial charge in [-0.05, 0) is 18.2 Å². The molecular weight excluding hydrogens is 314 g/mol. The van der Waals surface area contributed by atoms with Gasteiger partial charge in [0.2, 0.25) is 5.91 Å². The second-order valence-electron chi connectivity index (χ2n) is 5.85. The lowest BCUT2D eigenvalue weighted by Crippen LogP contribution is -2.42. The maximum Gasteiger partial charge on any atom is 0.326 e. The molecule has 0 fully saturated rings. The number of hydrogen-bond donors (Lipinski definition) is 5. The van der Waals surface area contributed by atoms with E-state index < -0.39 is 29.9 Å². The number of carboxylic acid groups (broad SMARTS) is 2. The van der Waals surface area contributed by atoms with E-state index in [1.165, 1.54) is 0 Å². The Hall–Kier alpha value is -2.61. The minimum atomic E-state index is -1.19. The van der Waals surface area contributed by atoms with Gasteiger partial charge in [0, 0.05) is 18.8 Å². The third kappa shape index (κ3) is 4.45. The van der Waals surface area contributed by atoms with Crippen molar-refractivity contribution in [1.82, 2.24) is 10.6 Å². The van der Waals surface area contributed by atoms with Crippen molar-refractivity contribution in [3.05, 3.63) is 36.1 Å². The van der Waals surface area contributed by atoms with Gasteiger partial charge >= 0.3 is 11.9 Å². The lowest BCUT2D eigenvalue weighted by atomic mass is 9.88. The molecule has 0 bridgehead atoms. The van der Waals surface area contributed by atoms with E-state index in [2.05, 4.69) is 10.6 Å². The van der Waals surface area contributed by atoms with Crippen LogP contribution in [-0.2, 0) is 14.4 Å². The molecule has 4 atom stereocenters. The Labute approximate surface area is 139 Å². The number of amides is 1. The second-order valence-corrected chi connectivity index (χ2v) is 5.85. The summed E-state index contributed by atoms with van der Waals surface area (Å²) >= 11 is 0. The first-order valence-electron chi connectivity index (χ1n) is 7.69. The van der Waals surface area contributed by atoms with Crippen LogP contribution < -0.4 is 16.4 Å². The normalized spacial score (nSPS) is 23.6. The van der Waals surface area contributed by atoms with Gasteiger partial charge in [0.05, 0.1) is 6.04 Å². The van der Waals surface area contributed by atoms with E-state index in [4.69, 9.17) is 10.8 Å². The van der Waals surface area contributed by atoms with Crippen LogP contribution in [-0.4, -0.2) is 46.2 Å². The van der Waals surface area contributed by atoms with Crippen LogP contribution in [0.15, 0.2) is 36.1 Å². The summed E-state index contributed by atoms with van der Waals surface area (Å²) in [4.78, 5) is 33.9. The summed E-state index contributed by atoms with van der Waals surface area (Å²) in [5, 5.41) is 23.6. The lowest BCUT2D eigenvalue weighted by molar-refractivity contribution is -0.142. The smallest absolute Gasteiger partial charge is 0.326 e. The average Bonchev–Trinajstić information content (AvgIpc) is 2.95. The maximum absolute atomic E-state index is 11.9. The Balaban J connectivity index is 1.89. The van der Waals surface area contributed by atoms with Crippen LogP contribution in [0.3, 0.4) is 0 Å². The largest absolute Gasteiger partial charge is 0.480 e. The van der Waals surface area contributed by atoms with Crippen molar-refractivity contribution in [3.8, 4) is 0 Å². The molecule has 0 saturated carbocycles. The monoisotopic (exact) mass is 335 g/mol. The van der Waals surface area contributed by atoms with Crippen molar-refractivity contribution in [2.75, 3.05) is 0 Å². The first-order chi connectivity index (χ1) is 11.4. The molecule has 0 aromatic carbocycles. The molecule has 0 aromatic heterocycles. The van der Waals surface area contributed by atoms with Gasteiger partial charge in [-0.1, -0.05) is 24.3 Å². The maximum atomic E-state index is 11.9. The summed E-state index contributed by atoms with van der Waals surface area (Å²) in [7, 11) is 0. The van der Waals surface area contributed by atoms with Crippen LogP contribution in [0, 0.1) is 5.92 Å². The highest BCUT2D eigenvalue weighted by atomic mass is 16.4. The molecule has 2 unspecified atom stereocenters. The number of nitrogens with two attached hydrogens (primary N) is 1. The van der Waals surface area contributed by atoms with Crippen LogP contribution in [0.25, 0.3) is 0 Å². The van der Waals surface area contributed by atoms with E-state index >= 15 is 0 Å². The van der Waals surface area contributed by atoms with E-state index in [9.17, 15) is 19.5 Å². The van der Waals surface area contributed by atoms with Gasteiger partial charge in [-0.2, -0.15) is 0 Å². The highest BCUT2D eigenvalue weighted by molar-refractivity contribution is 5.84. The van der Waals surface area contributed by atoms with Gasteiger partial charge in [0.25, 0.3) is 0 Å². The zero-order valence-electron chi connectivity index (χ0n) is 13.0. The molecule has 1 heterocycles. The molecule has 6 N–H and O–H groups in total. The Kier molecular flexibility index (Phi) is 5.75. The van der Waals surface area contributed by atoms with E-state index in [0.717, 1.165) is 5.57 Å². The van der Waals surface area contributed by atoms with Crippen LogP contribution in [0.1, 0.15) is 19.3 Å². The Bertz CT molecular complexity index is 611. The van der Waals surface area contributed by atoms with Crippen molar-refractivity contribution < 1.29 is 24.6 Å². The van der Waals surface area contributed by atoms with E-state index in [-0.39, 0.29) is 31.2 Å². The molecule has 130 valence electrons. The zero-order valence-corrected chi connectivity index (χ0v) is 13.0. The van der Waals surface area contributed by atoms with Crippen molar-refractivity contribution in [2.24, 2.45) is 11.7 Å². The van der Waals surface area contributed by atoms with Crippen molar-refractivity contribution in [3.63, 3.8) is 0 Å². The third-order valence-electron chi connectivity index (χ3n) is 4.10. The minimum absolute atomic E-state index is 0.0456. The number of fused-ring (bicyclic) bond motifs is 1. The van der Waals surface area contributed by atoms with E-state index in [1.807, 2.05) is 24.3 Å². The van der Waals surface area contributed by atoms with Gasteiger partial charge in [-0.25, -0.2) is 4.79 Å². The molecule has 0 saturated heterocycles. The molecule has 8 nitrogen and oxygen atoms in total. The number of carboxylic acids is 2. The molecule has 8 heteroatoms. The molecule has 0 radical (unpaired) electrons. The van der Waals surface area contributed by atoms with Crippen molar-refractivity contribution in [2.45, 2.75) is 37.4 Å². The molecule has 2 rings (SSSR count). The van der Waals surface area contributed by atoms with Gasteiger partial charge in [0.1, 0.15) is 12.1 Å². The molecular formula is C16H21N3O5. The first-order valence-corrected chi connectivity index (χ1v) is 7.69. The zero-order chi connectivity index (χ0) is 17.7. The van der Waals surface area contributed by atoms with Gasteiger partial charge < -0.3 is 26.6 Å². The predicted molar refractivity (Wildman–Crippen MR) is 85.8 cm³/mol. The van der Waals surface area contributed by atoms with Crippen LogP contribution in [0.2, 0.25) is 0 Å². The SMILES string of the molecule is N[C@H](CCC(=O)N[C@@H](CC1=CNC2C=CC=CC12)C(=O)O)C(=O)O. The Morgan fingerprint density at radius 1 is 1.21 bits per heavy atom. The predicted octanol–water partition coefficient (Wildman–Crippen LogP) is -0.264. The standard InChI is InChI=1S/C16H21N3O5/c17-11(15(21)22)5-6-14(20)19-13(16(23)24)7-9-8-18-12-4-2-1-3-10(9)12/h1-4,8,10-13,18H,5-7,17H2,(H,19,20)(H,21,22)(H,23,24)/t10?,11-,12?,13+/m1/s1. The molecule has 24 heavy (non-hydrogen) atoms. The summed E-state index contributed by atoms with van der Waals surface area (Å²) in [6.45, 7) is 0. The summed E-state index contributed by atoms with van der Waals surface area (Å²) in [6, 6.07) is -2.09. The highest BCUT2D eigenvalue weighted by Gasteiger charge is 2.31. The fourth-order valence-corrected chi connectivity index (χ4v) is 2.73. The van der Waals surface area contributed by atoms with E-state index in [1.54, 1.807) is 6.20 Å². The number of nitrogens with one attached hydrogen (secondary N) is 2. The van der Waals surface area contributed by atoms with Crippen LogP contribution >= 0.6 is 0 Å². The number of carbonyl (C=O) groups is 3.